The Kier molecular flexibility index (Phi) is 16.3. The van der Waals surface area contributed by atoms with Gasteiger partial charge in [-0.1, -0.05) is 0 Å². The van der Waals surface area contributed by atoms with Crippen LogP contribution in [0.5, 0.6) is 0 Å². The summed E-state index contributed by atoms with van der Waals surface area (Å²) in [4.78, 5) is 0. The molecule has 0 amide bonds. The van der Waals surface area contributed by atoms with Crippen molar-refractivity contribution in [2.75, 3.05) is 0 Å². The molecule has 2 nitrogen and oxygen atoms in total. The minimum atomic E-state index is -0.776. The van der Waals surface area contributed by atoms with Gasteiger partial charge < -0.3 is 5.48 Å². The van der Waals surface area contributed by atoms with Gasteiger partial charge in [0.1, 0.15) is 0 Å². The SMILES string of the molecule is C[CH2][Sn][OH].O. The molecule has 0 atom stereocenters. The van der Waals surface area contributed by atoms with Gasteiger partial charge in [0.15, 0.2) is 0 Å². The van der Waals surface area contributed by atoms with Crippen molar-refractivity contribution in [3.63, 3.8) is 0 Å². The second kappa shape index (κ2) is 8.83. The summed E-state index contributed by atoms with van der Waals surface area (Å²) < 4.78 is 9.09. The molecule has 0 aromatic carbocycles. The molecule has 2 radical (unpaired) electrons. The first-order chi connectivity index (χ1) is 1.91. The summed E-state index contributed by atoms with van der Waals surface area (Å²) in [6, 6.07) is 0. The van der Waals surface area contributed by atoms with Crippen molar-refractivity contribution in [3.8, 4) is 0 Å². The molecule has 0 saturated heterocycles. The molecule has 0 aliphatic rings. The molecule has 0 saturated carbocycles. The predicted octanol–water partition coefficient (Wildman–Crippen LogP) is -0.789. The molecular formula is C2H8O2Sn. The van der Waals surface area contributed by atoms with E-state index in [1.807, 2.05) is 6.92 Å². The summed E-state index contributed by atoms with van der Waals surface area (Å²) in [5, 5.41) is 0. The summed E-state index contributed by atoms with van der Waals surface area (Å²) in [5.41, 5.74) is 0. The minimum Gasteiger partial charge on any atom is -0.412 e. The first kappa shape index (κ1) is 9.21. The molecule has 3 N–H and O–H groups in total. The third-order valence-electron chi connectivity index (χ3n) is 0.158. The fourth-order valence-corrected chi connectivity index (χ4v) is 0. The summed E-state index contributed by atoms with van der Waals surface area (Å²) in [5.74, 6) is 0. The zero-order valence-corrected chi connectivity index (χ0v) is 6.01. The van der Waals surface area contributed by atoms with Gasteiger partial charge in [0.25, 0.3) is 0 Å². The second-order valence-corrected chi connectivity index (χ2v) is 3.43. The molecule has 0 spiro atoms. The molecule has 3 heteroatoms. The Balaban J connectivity index is 0. The smallest absolute Gasteiger partial charge is 0.412 e. The van der Waals surface area contributed by atoms with Crippen LogP contribution in [0.15, 0.2) is 0 Å². The molecule has 0 bridgehead atoms. The van der Waals surface area contributed by atoms with Gasteiger partial charge in [-0.15, -0.1) is 0 Å². The molecule has 0 aromatic rings. The maximum Gasteiger partial charge on any atom is -0.412 e. The van der Waals surface area contributed by atoms with Crippen LogP contribution in [-0.4, -0.2) is 30.5 Å². The maximum absolute atomic E-state index is 8.04. The van der Waals surface area contributed by atoms with Crippen LogP contribution in [0.4, 0.5) is 0 Å². The maximum atomic E-state index is 8.04. The van der Waals surface area contributed by atoms with Gasteiger partial charge in [-0.05, 0) is 0 Å². The van der Waals surface area contributed by atoms with Crippen molar-refractivity contribution < 1.29 is 8.92 Å². The van der Waals surface area contributed by atoms with Crippen molar-refractivity contribution in [1.29, 1.82) is 0 Å². The van der Waals surface area contributed by atoms with Crippen LogP contribution in [0.1, 0.15) is 6.92 Å². The van der Waals surface area contributed by atoms with Gasteiger partial charge in [-0.3, -0.25) is 0 Å². The van der Waals surface area contributed by atoms with Crippen LogP contribution < -0.4 is 0 Å². The third-order valence-corrected chi connectivity index (χ3v) is 1.06. The quantitative estimate of drug-likeness (QED) is 0.532. The Hall–Kier alpha value is 0.719. The average molecular weight is 183 g/mol. The van der Waals surface area contributed by atoms with Crippen LogP contribution >= 0.6 is 0 Å². The summed E-state index contributed by atoms with van der Waals surface area (Å²) in [6.45, 7) is 2.01. The zero-order valence-electron chi connectivity index (χ0n) is 3.15. The summed E-state index contributed by atoms with van der Waals surface area (Å²) in [6.07, 6.45) is 0. The van der Waals surface area contributed by atoms with E-state index in [1.165, 1.54) is 0 Å². The van der Waals surface area contributed by atoms with E-state index in [0.29, 0.717) is 0 Å². The predicted molar refractivity (Wildman–Crippen MR) is 22.1 cm³/mol. The average Bonchev–Trinajstić information content (AvgIpc) is 1.37. The Morgan fingerprint density at radius 2 is 2.00 bits per heavy atom. The van der Waals surface area contributed by atoms with Crippen LogP contribution in [-0.2, 0) is 0 Å². The van der Waals surface area contributed by atoms with Crippen LogP contribution in [0.25, 0.3) is 0 Å². The third kappa shape index (κ3) is 11.8. The van der Waals surface area contributed by atoms with Crippen molar-refractivity contribution in [3.05, 3.63) is 0 Å². The van der Waals surface area contributed by atoms with Crippen LogP contribution in [0.3, 0.4) is 0 Å². The topological polar surface area (TPSA) is 51.7 Å². The van der Waals surface area contributed by atoms with Gasteiger partial charge in [0.05, 0.1) is 0 Å². The molecule has 0 aliphatic heterocycles. The van der Waals surface area contributed by atoms with Crippen molar-refractivity contribution in [1.82, 2.24) is 0 Å². The van der Waals surface area contributed by atoms with E-state index in [4.69, 9.17) is 3.44 Å². The standard InChI is InChI=1S/C2H5.2H2O.Sn/c1-2;;;/h1H2,2H3;2*1H2;/q;;;+1/p-1. The number of hydrogen-bond acceptors (Lipinski definition) is 1. The van der Waals surface area contributed by atoms with Gasteiger partial charge in [0.2, 0.25) is 0 Å². The molecule has 0 fully saturated rings. The Bertz CT molecular complexity index is 9.61. The van der Waals surface area contributed by atoms with E-state index in [0.717, 1.165) is 4.44 Å². The van der Waals surface area contributed by atoms with Crippen molar-refractivity contribution >= 4 is 21.6 Å². The van der Waals surface area contributed by atoms with Gasteiger partial charge in [0, 0.05) is 0 Å². The van der Waals surface area contributed by atoms with E-state index < -0.39 is 21.6 Å². The van der Waals surface area contributed by atoms with Gasteiger partial charge in [-0.2, -0.15) is 0 Å². The van der Waals surface area contributed by atoms with E-state index >= 15 is 0 Å². The largest absolute Gasteiger partial charge is 0.412 e. The minimum absolute atomic E-state index is 0. The van der Waals surface area contributed by atoms with Crippen molar-refractivity contribution in [2.45, 2.75) is 11.4 Å². The summed E-state index contributed by atoms with van der Waals surface area (Å²) >= 11 is -0.776. The molecule has 5 heavy (non-hydrogen) atoms. The second-order valence-electron chi connectivity index (χ2n) is 0.512. The Morgan fingerprint density at radius 3 is 2.00 bits per heavy atom. The van der Waals surface area contributed by atoms with E-state index in [9.17, 15) is 0 Å². The van der Waals surface area contributed by atoms with Crippen LogP contribution in [0.2, 0.25) is 4.44 Å². The van der Waals surface area contributed by atoms with E-state index in [-0.39, 0.29) is 5.48 Å². The monoisotopic (exact) mass is 184 g/mol. The molecule has 0 rings (SSSR count). The fourth-order valence-electron chi connectivity index (χ4n) is 0. The summed E-state index contributed by atoms with van der Waals surface area (Å²) in [7, 11) is 0. The number of rotatable bonds is 1. The van der Waals surface area contributed by atoms with Gasteiger partial charge in [-0.25, -0.2) is 0 Å². The molecular weight excluding hydrogens is 175 g/mol. The normalized spacial score (nSPS) is 6.00. The molecule has 32 valence electrons. The van der Waals surface area contributed by atoms with E-state index in [1.54, 1.807) is 0 Å². The van der Waals surface area contributed by atoms with Crippen LogP contribution in [0, 0.1) is 0 Å². The molecule has 0 aromatic heterocycles. The molecule has 0 aliphatic carbocycles. The Labute approximate surface area is 42.3 Å². The Morgan fingerprint density at radius 1 is 1.80 bits per heavy atom. The van der Waals surface area contributed by atoms with E-state index in [2.05, 4.69) is 0 Å². The first-order valence-corrected chi connectivity index (χ1v) is 4.58. The molecule has 0 unspecified atom stereocenters. The zero-order chi connectivity index (χ0) is 3.41. The van der Waals surface area contributed by atoms with Crippen molar-refractivity contribution in [2.24, 2.45) is 0 Å². The number of hydrogen-bond donors (Lipinski definition) is 1. The molecule has 0 heterocycles. The fraction of sp³-hybridized carbons (Fsp3) is 1.00. The first-order valence-electron chi connectivity index (χ1n) is 1.28. The van der Waals surface area contributed by atoms with Gasteiger partial charge >= 0.3 is 36.4 Å².